The van der Waals surface area contributed by atoms with Crippen molar-refractivity contribution in [3.8, 4) is 6.07 Å². The highest BCUT2D eigenvalue weighted by atomic mass is 19.1. The number of hydrogen-bond acceptors (Lipinski definition) is 2. The Morgan fingerprint density at radius 2 is 1.75 bits per heavy atom. The Balaban J connectivity index is 2.19. The summed E-state index contributed by atoms with van der Waals surface area (Å²) in [6.07, 6.45) is 2.28. The highest BCUT2D eigenvalue weighted by molar-refractivity contribution is 5.35. The van der Waals surface area contributed by atoms with Crippen LogP contribution >= 0.6 is 0 Å². The summed E-state index contributed by atoms with van der Waals surface area (Å²) in [6, 6.07) is 4.02. The Hall–Kier alpha value is -1.47. The Morgan fingerprint density at radius 1 is 1.19 bits per heavy atom. The molecule has 0 aromatic heterocycles. The van der Waals surface area contributed by atoms with Crippen LogP contribution in [0, 0.1) is 23.0 Å². The first-order chi connectivity index (χ1) is 7.70. The van der Waals surface area contributed by atoms with Crippen molar-refractivity contribution in [3.63, 3.8) is 0 Å². The number of halogens is 2. The van der Waals surface area contributed by atoms with E-state index in [2.05, 4.69) is 4.90 Å². The lowest BCUT2D eigenvalue weighted by atomic mass is 10.1. The Labute approximate surface area is 93.1 Å². The molecule has 1 heterocycles. The van der Waals surface area contributed by atoms with Gasteiger partial charge in [0.25, 0.3) is 0 Å². The Morgan fingerprint density at radius 3 is 2.25 bits per heavy atom. The van der Waals surface area contributed by atoms with E-state index >= 15 is 0 Å². The molecular formula is C12H12F2N2. The first-order valence-electron chi connectivity index (χ1n) is 5.31. The van der Waals surface area contributed by atoms with Gasteiger partial charge in [0, 0.05) is 6.54 Å². The van der Waals surface area contributed by atoms with Crippen LogP contribution in [0.15, 0.2) is 12.1 Å². The van der Waals surface area contributed by atoms with Gasteiger partial charge in [-0.1, -0.05) is 0 Å². The SMILES string of the molecule is N#Cc1c(F)cc(CN2CCCC2)cc1F. The fourth-order valence-electron chi connectivity index (χ4n) is 2.02. The maximum atomic E-state index is 13.3. The van der Waals surface area contributed by atoms with Crippen molar-refractivity contribution in [2.45, 2.75) is 19.4 Å². The van der Waals surface area contributed by atoms with Crippen molar-refractivity contribution in [2.24, 2.45) is 0 Å². The van der Waals surface area contributed by atoms with E-state index in [0.717, 1.165) is 25.9 Å². The van der Waals surface area contributed by atoms with Gasteiger partial charge in [-0.3, -0.25) is 4.90 Å². The summed E-state index contributed by atoms with van der Waals surface area (Å²) in [6.45, 7) is 2.51. The van der Waals surface area contributed by atoms with E-state index in [9.17, 15) is 8.78 Å². The second kappa shape index (κ2) is 4.58. The molecule has 0 spiro atoms. The lowest BCUT2D eigenvalue weighted by Crippen LogP contribution is -2.18. The van der Waals surface area contributed by atoms with Crippen LogP contribution in [0.5, 0.6) is 0 Å². The lowest BCUT2D eigenvalue weighted by Gasteiger charge is -2.14. The van der Waals surface area contributed by atoms with E-state index in [1.165, 1.54) is 18.2 Å². The van der Waals surface area contributed by atoms with Gasteiger partial charge in [-0.25, -0.2) is 8.78 Å². The van der Waals surface area contributed by atoms with Gasteiger partial charge in [-0.15, -0.1) is 0 Å². The number of likely N-dealkylation sites (tertiary alicyclic amines) is 1. The van der Waals surface area contributed by atoms with Crippen LogP contribution in [0.1, 0.15) is 24.0 Å². The summed E-state index contributed by atoms with van der Waals surface area (Å²) < 4.78 is 26.6. The molecule has 0 radical (unpaired) electrons. The molecule has 0 atom stereocenters. The van der Waals surface area contributed by atoms with Crippen LogP contribution < -0.4 is 0 Å². The molecule has 2 rings (SSSR count). The third-order valence-electron chi connectivity index (χ3n) is 2.82. The van der Waals surface area contributed by atoms with Crippen LogP contribution in [-0.4, -0.2) is 18.0 Å². The number of rotatable bonds is 2. The quantitative estimate of drug-likeness (QED) is 0.768. The summed E-state index contributed by atoms with van der Waals surface area (Å²) in [5.41, 5.74) is 0.0982. The third-order valence-corrected chi connectivity index (χ3v) is 2.82. The van der Waals surface area contributed by atoms with Crippen LogP contribution in [-0.2, 0) is 6.54 Å². The van der Waals surface area contributed by atoms with E-state index in [0.29, 0.717) is 12.1 Å². The largest absolute Gasteiger partial charge is 0.299 e. The minimum atomic E-state index is -0.767. The van der Waals surface area contributed by atoms with E-state index in [1.807, 2.05) is 0 Å². The lowest BCUT2D eigenvalue weighted by molar-refractivity contribution is 0.330. The van der Waals surface area contributed by atoms with Crippen molar-refractivity contribution < 1.29 is 8.78 Å². The zero-order chi connectivity index (χ0) is 11.5. The van der Waals surface area contributed by atoms with Gasteiger partial charge in [-0.05, 0) is 43.6 Å². The van der Waals surface area contributed by atoms with Crippen molar-refractivity contribution in [3.05, 3.63) is 34.9 Å². The van der Waals surface area contributed by atoms with Gasteiger partial charge in [0.2, 0.25) is 0 Å². The fraction of sp³-hybridized carbons (Fsp3) is 0.417. The van der Waals surface area contributed by atoms with Gasteiger partial charge in [-0.2, -0.15) is 5.26 Å². The minimum absolute atomic E-state index is 0.495. The van der Waals surface area contributed by atoms with E-state index < -0.39 is 17.2 Å². The van der Waals surface area contributed by atoms with Crippen LogP contribution in [0.25, 0.3) is 0 Å². The fourth-order valence-corrected chi connectivity index (χ4v) is 2.02. The van der Waals surface area contributed by atoms with Crippen LogP contribution in [0.3, 0.4) is 0 Å². The maximum Gasteiger partial charge on any atom is 0.144 e. The molecule has 1 aromatic carbocycles. The second-order valence-corrected chi connectivity index (χ2v) is 4.03. The molecule has 0 unspecified atom stereocenters. The van der Waals surface area contributed by atoms with Gasteiger partial charge in [0.05, 0.1) is 0 Å². The topological polar surface area (TPSA) is 27.0 Å². The van der Waals surface area contributed by atoms with Crippen molar-refractivity contribution in [2.75, 3.05) is 13.1 Å². The Bertz CT molecular complexity index is 408. The normalized spacial score (nSPS) is 16.3. The zero-order valence-corrected chi connectivity index (χ0v) is 8.84. The highest BCUT2D eigenvalue weighted by Gasteiger charge is 2.15. The average molecular weight is 222 g/mol. The summed E-state index contributed by atoms with van der Waals surface area (Å²) in [4.78, 5) is 2.15. The second-order valence-electron chi connectivity index (χ2n) is 4.03. The molecule has 1 fully saturated rings. The molecule has 1 aromatic rings. The molecular weight excluding hydrogens is 210 g/mol. The first-order valence-corrected chi connectivity index (χ1v) is 5.31. The van der Waals surface area contributed by atoms with Crippen molar-refractivity contribution in [1.29, 1.82) is 5.26 Å². The number of nitriles is 1. The van der Waals surface area contributed by atoms with Gasteiger partial charge < -0.3 is 0 Å². The average Bonchev–Trinajstić information content (AvgIpc) is 2.70. The summed E-state index contributed by atoms with van der Waals surface area (Å²) in [5, 5.41) is 8.53. The van der Waals surface area contributed by atoms with Gasteiger partial charge >= 0.3 is 0 Å². The number of hydrogen-bond donors (Lipinski definition) is 0. The molecule has 4 heteroatoms. The minimum Gasteiger partial charge on any atom is -0.299 e. The summed E-state index contributed by atoms with van der Waals surface area (Å²) in [5.74, 6) is -1.53. The molecule has 0 aliphatic carbocycles. The zero-order valence-electron chi connectivity index (χ0n) is 8.84. The molecule has 0 N–H and O–H groups in total. The molecule has 1 saturated heterocycles. The molecule has 0 amide bonds. The third kappa shape index (κ3) is 2.20. The van der Waals surface area contributed by atoms with E-state index in [1.54, 1.807) is 0 Å². The van der Waals surface area contributed by atoms with Gasteiger partial charge in [0.15, 0.2) is 0 Å². The molecule has 0 bridgehead atoms. The predicted octanol–water partition coefficient (Wildman–Crippen LogP) is 2.43. The highest BCUT2D eigenvalue weighted by Crippen LogP contribution is 2.18. The number of benzene rings is 1. The molecule has 1 aliphatic heterocycles. The van der Waals surface area contributed by atoms with Crippen LogP contribution in [0.4, 0.5) is 8.78 Å². The maximum absolute atomic E-state index is 13.3. The standard InChI is InChI=1S/C12H12F2N2/c13-11-5-9(6-12(14)10(11)7-15)8-16-3-1-2-4-16/h5-6H,1-4,8H2. The predicted molar refractivity (Wildman–Crippen MR) is 55.6 cm³/mol. The molecule has 0 saturated carbocycles. The smallest absolute Gasteiger partial charge is 0.144 e. The molecule has 84 valence electrons. The monoisotopic (exact) mass is 222 g/mol. The van der Waals surface area contributed by atoms with Crippen molar-refractivity contribution in [1.82, 2.24) is 4.90 Å². The molecule has 2 nitrogen and oxygen atoms in total. The Kier molecular flexibility index (Phi) is 3.16. The van der Waals surface area contributed by atoms with Gasteiger partial charge in [0.1, 0.15) is 23.3 Å². The first kappa shape index (κ1) is 11.0. The van der Waals surface area contributed by atoms with E-state index in [4.69, 9.17) is 5.26 Å². The summed E-state index contributed by atoms with van der Waals surface area (Å²) >= 11 is 0. The van der Waals surface area contributed by atoms with Crippen molar-refractivity contribution >= 4 is 0 Å². The summed E-state index contributed by atoms with van der Waals surface area (Å²) in [7, 11) is 0. The number of nitrogens with zero attached hydrogens (tertiary/aromatic N) is 2. The van der Waals surface area contributed by atoms with Crippen LogP contribution in [0.2, 0.25) is 0 Å². The molecule has 16 heavy (non-hydrogen) atoms. The van der Waals surface area contributed by atoms with E-state index in [-0.39, 0.29) is 0 Å². The molecule has 1 aliphatic rings.